The zero-order chi connectivity index (χ0) is 12.8. The Bertz CT molecular complexity index is 378. The molecule has 0 aliphatic heterocycles. The number of nitrogens with one attached hydrogen (secondary N) is 1. The Kier molecular flexibility index (Phi) is 5.72. The van der Waals surface area contributed by atoms with Crippen LogP contribution >= 0.6 is 11.6 Å². The minimum absolute atomic E-state index is 0.499. The van der Waals surface area contributed by atoms with Gasteiger partial charge in [-0.3, -0.25) is 0 Å². The number of hydrogen-bond donors (Lipinski definition) is 1. The number of hydrogen-bond acceptors (Lipinski definition) is 2. The molecule has 0 saturated carbocycles. The number of nitrogens with zero attached hydrogens (tertiary/aromatic N) is 2. The molecule has 0 aromatic carbocycles. The predicted octanol–water partition coefficient (Wildman–Crippen LogP) is 3.30. The molecule has 3 nitrogen and oxygen atoms in total. The van der Waals surface area contributed by atoms with Crippen LogP contribution in [-0.2, 0) is 13.6 Å². The lowest BCUT2D eigenvalue weighted by Crippen LogP contribution is -2.26. The van der Waals surface area contributed by atoms with Gasteiger partial charge in [0, 0.05) is 19.6 Å². The normalized spacial score (nSPS) is 12.5. The highest BCUT2D eigenvalue weighted by Gasteiger charge is 2.05. The molecule has 0 aliphatic rings. The molecule has 96 valence electrons. The van der Waals surface area contributed by atoms with E-state index in [0.29, 0.717) is 11.3 Å². The Labute approximate surface area is 109 Å². The van der Waals surface area contributed by atoms with Crippen molar-refractivity contribution in [1.29, 1.82) is 0 Å². The second-order valence-electron chi connectivity index (χ2n) is 4.72. The smallest absolute Gasteiger partial charge is 0.202 e. The molecular formula is C13H22ClN3. The van der Waals surface area contributed by atoms with Crippen LogP contribution in [0.1, 0.15) is 39.3 Å². The predicted molar refractivity (Wildman–Crippen MR) is 73.2 cm³/mol. The van der Waals surface area contributed by atoms with Crippen LogP contribution < -0.4 is 5.32 Å². The summed E-state index contributed by atoms with van der Waals surface area (Å²) in [6.07, 6.45) is 6.37. The second kappa shape index (κ2) is 6.82. The van der Waals surface area contributed by atoms with Crippen LogP contribution in [0.15, 0.2) is 17.8 Å². The topological polar surface area (TPSA) is 29.9 Å². The summed E-state index contributed by atoms with van der Waals surface area (Å²) in [7, 11) is 1.93. The van der Waals surface area contributed by atoms with Gasteiger partial charge in [-0.25, -0.2) is 4.98 Å². The summed E-state index contributed by atoms with van der Waals surface area (Å²) in [4.78, 5) is 4.06. The van der Waals surface area contributed by atoms with E-state index < -0.39 is 0 Å². The summed E-state index contributed by atoms with van der Waals surface area (Å²) in [5.41, 5.74) is 2.50. The lowest BCUT2D eigenvalue weighted by Gasteiger charge is -2.13. The van der Waals surface area contributed by atoms with E-state index in [-0.39, 0.29) is 0 Å². The highest BCUT2D eigenvalue weighted by molar-refractivity contribution is 6.28. The molecule has 0 saturated heterocycles. The summed E-state index contributed by atoms with van der Waals surface area (Å²) in [6.45, 7) is 7.29. The van der Waals surface area contributed by atoms with Crippen LogP contribution in [0.4, 0.5) is 0 Å². The number of allylic oxidation sites excluding steroid dienone is 2. The summed E-state index contributed by atoms with van der Waals surface area (Å²) < 4.78 is 1.90. The molecule has 1 aromatic rings. The minimum Gasteiger partial charge on any atom is -0.321 e. The average molecular weight is 256 g/mol. The van der Waals surface area contributed by atoms with Crippen molar-refractivity contribution in [2.75, 3.05) is 0 Å². The van der Waals surface area contributed by atoms with E-state index in [0.717, 1.165) is 25.1 Å². The largest absolute Gasteiger partial charge is 0.321 e. The maximum Gasteiger partial charge on any atom is 0.202 e. The van der Waals surface area contributed by atoms with Gasteiger partial charge >= 0.3 is 0 Å². The Morgan fingerprint density at radius 3 is 2.82 bits per heavy atom. The van der Waals surface area contributed by atoms with Gasteiger partial charge in [-0.1, -0.05) is 11.6 Å². The van der Waals surface area contributed by atoms with Crippen molar-refractivity contribution in [3.05, 3.63) is 28.8 Å². The van der Waals surface area contributed by atoms with Crippen molar-refractivity contribution < 1.29 is 0 Å². The molecule has 0 amide bonds. The third-order valence-electron chi connectivity index (χ3n) is 2.81. The standard InChI is InChI=1S/C13H22ClN3/c1-10(2)6-5-7-11(3)15-8-12-9-16-13(14)17(12)4/h6,9,11,15H,5,7-8H2,1-4H3. The summed E-state index contributed by atoms with van der Waals surface area (Å²) in [6, 6.07) is 0.499. The Hall–Kier alpha value is -0.800. The molecule has 1 aromatic heterocycles. The fourth-order valence-electron chi connectivity index (χ4n) is 1.59. The molecule has 0 fully saturated rings. The maximum absolute atomic E-state index is 5.88. The van der Waals surface area contributed by atoms with Gasteiger partial charge < -0.3 is 9.88 Å². The molecule has 0 spiro atoms. The first-order valence-electron chi connectivity index (χ1n) is 6.03. The van der Waals surface area contributed by atoms with Crippen LogP contribution in [-0.4, -0.2) is 15.6 Å². The summed E-state index contributed by atoms with van der Waals surface area (Å²) >= 11 is 5.88. The fraction of sp³-hybridized carbons (Fsp3) is 0.615. The van der Waals surface area contributed by atoms with Gasteiger partial charge in [0.15, 0.2) is 0 Å². The van der Waals surface area contributed by atoms with Gasteiger partial charge in [-0.05, 0) is 45.2 Å². The number of halogens is 1. The first kappa shape index (κ1) is 14.3. The highest BCUT2D eigenvalue weighted by atomic mass is 35.5. The molecule has 1 atom stereocenters. The minimum atomic E-state index is 0.499. The molecule has 1 N–H and O–H groups in total. The van der Waals surface area contributed by atoms with E-state index in [4.69, 9.17) is 11.6 Å². The molecule has 0 aliphatic carbocycles. The van der Waals surface area contributed by atoms with Crippen LogP contribution in [0.25, 0.3) is 0 Å². The van der Waals surface area contributed by atoms with E-state index >= 15 is 0 Å². The lowest BCUT2D eigenvalue weighted by atomic mass is 10.1. The molecule has 1 unspecified atom stereocenters. The number of rotatable bonds is 6. The van der Waals surface area contributed by atoms with E-state index in [9.17, 15) is 0 Å². The first-order chi connectivity index (χ1) is 8.00. The summed E-state index contributed by atoms with van der Waals surface area (Å²) in [5, 5.41) is 4.02. The van der Waals surface area contributed by atoms with Gasteiger partial charge in [-0.15, -0.1) is 0 Å². The van der Waals surface area contributed by atoms with Gasteiger partial charge in [0.05, 0.1) is 11.9 Å². The third-order valence-corrected chi connectivity index (χ3v) is 3.16. The fourth-order valence-corrected chi connectivity index (χ4v) is 1.74. The molecule has 0 bridgehead atoms. The van der Waals surface area contributed by atoms with Crippen molar-refractivity contribution in [3.8, 4) is 0 Å². The van der Waals surface area contributed by atoms with Crippen molar-refractivity contribution >= 4 is 11.6 Å². The molecule has 1 rings (SSSR count). The van der Waals surface area contributed by atoms with E-state index in [2.05, 4.69) is 37.1 Å². The highest BCUT2D eigenvalue weighted by Crippen LogP contribution is 2.08. The Morgan fingerprint density at radius 1 is 1.59 bits per heavy atom. The quantitative estimate of drug-likeness (QED) is 0.791. The van der Waals surface area contributed by atoms with Gasteiger partial charge in [0.25, 0.3) is 0 Å². The zero-order valence-electron chi connectivity index (χ0n) is 11.1. The summed E-state index contributed by atoms with van der Waals surface area (Å²) in [5.74, 6) is 0. The van der Waals surface area contributed by atoms with Crippen molar-refractivity contribution in [2.24, 2.45) is 7.05 Å². The van der Waals surface area contributed by atoms with Crippen LogP contribution in [0, 0.1) is 0 Å². The van der Waals surface area contributed by atoms with E-state index in [1.165, 1.54) is 5.57 Å². The van der Waals surface area contributed by atoms with Crippen molar-refractivity contribution in [2.45, 2.75) is 46.2 Å². The lowest BCUT2D eigenvalue weighted by molar-refractivity contribution is 0.507. The number of aromatic nitrogens is 2. The maximum atomic E-state index is 5.88. The molecule has 0 radical (unpaired) electrons. The monoisotopic (exact) mass is 255 g/mol. The van der Waals surface area contributed by atoms with Crippen LogP contribution in [0.3, 0.4) is 0 Å². The third kappa shape index (κ3) is 4.92. The molecule has 4 heteroatoms. The van der Waals surface area contributed by atoms with Gasteiger partial charge in [0.1, 0.15) is 0 Å². The SMILES string of the molecule is CC(C)=CCCC(C)NCc1cnc(Cl)n1C. The van der Waals surface area contributed by atoms with Crippen LogP contribution in [0.5, 0.6) is 0 Å². The number of imidazole rings is 1. The first-order valence-corrected chi connectivity index (χ1v) is 6.41. The molecule has 1 heterocycles. The second-order valence-corrected chi connectivity index (χ2v) is 5.06. The Balaban J connectivity index is 2.31. The van der Waals surface area contributed by atoms with Gasteiger partial charge in [0.2, 0.25) is 5.28 Å². The molecular weight excluding hydrogens is 234 g/mol. The van der Waals surface area contributed by atoms with Crippen molar-refractivity contribution in [3.63, 3.8) is 0 Å². The zero-order valence-corrected chi connectivity index (χ0v) is 11.9. The Morgan fingerprint density at radius 2 is 2.29 bits per heavy atom. The van der Waals surface area contributed by atoms with Crippen LogP contribution in [0.2, 0.25) is 5.28 Å². The van der Waals surface area contributed by atoms with Crippen molar-refractivity contribution in [1.82, 2.24) is 14.9 Å². The average Bonchev–Trinajstić information content (AvgIpc) is 2.57. The van der Waals surface area contributed by atoms with Gasteiger partial charge in [-0.2, -0.15) is 0 Å². The molecule has 17 heavy (non-hydrogen) atoms. The van der Waals surface area contributed by atoms with E-state index in [1.807, 2.05) is 17.8 Å². The van der Waals surface area contributed by atoms with E-state index in [1.54, 1.807) is 0 Å².